The first-order chi connectivity index (χ1) is 12.8. The minimum Gasteiger partial charge on any atom is -0.341 e. The Hall–Kier alpha value is -2.16. The van der Waals surface area contributed by atoms with Crippen molar-refractivity contribution in [1.82, 2.24) is 10.2 Å². The average molecular weight is 385 g/mol. The number of hydrogen-bond acceptors (Lipinski definition) is 4. The van der Waals surface area contributed by atoms with Crippen LogP contribution in [0.25, 0.3) is 0 Å². The molecule has 0 unspecified atom stereocenters. The molecule has 9 heteroatoms. The number of benzene rings is 1. The lowest BCUT2D eigenvalue weighted by Gasteiger charge is -2.29. The van der Waals surface area contributed by atoms with Crippen LogP contribution in [0.5, 0.6) is 0 Å². The number of carbonyl (C=O) groups excluding carboxylic acids is 1. The highest BCUT2D eigenvalue weighted by atomic mass is 19.4. The summed E-state index contributed by atoms with van der Waals surface area (Å²) in [5.74, 6) is -2.01. The lowest BCUT2D eigenvalue weighted by Crippen LogP contribution is -2.40. The van der Waals surface area contributed by atoms with E-state index in [9.17, 15) is 28.1 Å². The molecule has 0 radical (unpaired) electrons. The maximum Gasteiger partial charge on any atom is 0.471 e. The predicted octanol–water partition coefficient (Wildman–Crippen LogP) is 3.64. The smallest absolute Gasteiger partial charge is 0.341 e. The number of carbonyl (C=O) groups is 1. The topological polar surface area (TPSA) is 75.5 Å². The fourth-order valence-corrected chi connectivity index (χ4v) is 3.94. The van der Waals surface area contributed by atoms with Crippen LogP contribution in [0.4, 0.5) is 18.9 Å². The van der Waals surface area contributed by atoms with Gasteiger partial charge < -0.3 is 5.32 Å². The number of alkyl halides is 3. The quantitative estimate of drug-likeness (QED) is 0.634. The first kappa shape index (κ1) is 19.6. The van der Waals surface area contributed by atoms with Crippen LogP contribution in [0, 0.1) is 10.1 Å². The van der Waals surface area contributed by atoms with Gasteiger partial charge in [0.25, 0.3) is 5.69 Å². The highest BCUT2D eigenvalue weighted by Gasteiger charge is 2.40. The Morgan fingerprint density at radius 2 is 1.93 bits per heavy atom. The summed E-state index contributed by atoms with van der Waals surface area (Å²) in [6.45, 7) is 2.24. The Kier molecular flexibility index (Phi) is 5.69. The van der Waals surface area contributed by atoms with E-state index < -0.39 is 23.0 Å². The highest BCUT2D eigenvalue weighted by molar-refractivity contribution is 5.82. The number of aryl methyl sites for hydroxylation is 1. The number of nitrogens with one attached hydrogen (secondary N) is 1. The van der Waals surface area contributed by atoms with Gasteiger partial charge in [0, 0.05) is 18.2 Å². The summed E-state index contributed by atoms with van der Waals surface area (Å²) in [5.41, 5.74) is 1.70. The first-order valence-electron chi connectivity index (χ1n) is 9.16. The number of likely N-dealkylation sites (tertiary alicyclic amines) is 1. The molecular formula is C18H22F3N3O3. The zero-order valence-corrected chi connectivity index (χ0v) is 14.8. The fraction of sp³-hybridized carbons (Fsp3) is 0.611. The molecule has 3 rings (SSSR count). The van der Waals surface area contributed by atoms with E-state index in [1.165, 1.54) is 6.07 Å². The zero-order valence-electron chi connectivity index (χ0n) is 14.8. The van der Waals surface area contributed by atoms with Gasteiger partial charge in [0.15, 0.2) is 0 Å². The maximum atomic E-state index is 12.6. The molecule has 0 aromatic heterocycles. The van der Waals surface area contributed by atoms with Crippen molar-refractivity contribution in [2.24, 2.45) is 0 Å². The van der Waals surface area contributed by atoms with Crippen LogP contribution in [0.3, 0.4) is 0 Å². The number of rotatable bonds is 4. The van der Waals surface area contributed by atoms with Crippen molar-refractivity contribution in [3.8, 4) is 0 Å². The summed E-state index contributed by atoms with van der Waals surface area (Å²) in [5, 5.41) is 13.5. The predicted molar refractivity (Wildman–Crippen MR) is 92.1 cm³/mol. The van der Waals surface area contributed by atoms with E-state index in [0.29, 0.717) is 36.9 Å². The summed E-state index contributed by atoms with van der Waals surface area (Å²) in [7, 11) is 0. The normalized spacial score (nSPS) is 20.8. The van der Waals surface area contributed by atoms with Crippen LogP contribution >= 0.6 is 0 Å². The number of nitrogens with zero attached hydrogens (tertiary/aromatic N) is 2. The van der Waals surface area contributed by atoms with Gasteiger partial charge in [-0.15, -0.1) is 0 Å². The van der Waals surface area contributed by atoms with Crippen molar-refractivity contribution in [3.63, 3.8) is 0 Å². The number of halogens is 3. The molecular weight excluding hydrogens is 363 g/mol. The lowest BCUT2D eigenvalue weighted by atomic mass is 9.85. The minimum atomic E-state index is -4.97. The standard InChI is InChI=1S/C18H22F3N3O3/c19-18(20,21)17(25)22-15-6-4-5-12-9-13(11-23-7-2-1-3-8-23)16(24(26)27)10-14(12)15/h9-10,15H,1-8,11H2,(H,22,25)/t15-/m1/s1. The van der Waals surface area contributed by atoms with Crippen molar-refractivity contribution in [2.45, 2.75) is 57.3 Å². The van der Waals surface area contributed by atoms with Crippen molar-refractivity contribution in [2.75, 3.05) is 13.1 Å². The number of nitro groups is 1. The molecule has 1 saturated heterocycles. The fourth-order valence-electron chi connectivity index (χ4n) is 3.94. The second-order valence-electron chi connectivity index (χ2n) is 7.19. The molecule has 1 fully saturated rings. The Morgan fingerprint density at radius 1 is 1.22 bits per heavy atom. The lowest BCUT2D eigenvalue weighted by molar-refractivity contribution is -0.385. The molecule has 1 N–H and O–H groups in total. The van der Waals surface area contributed by atoms with E-state index in [-0.39, 0.29) is 5.69 Å². The number of hydrogen-bond donors (Lipinski definition) is 1. The zero-order chi connectivity index (χ0) is 19.6. The largest absolute Gasteiger partial charge is 0.471 e. The van der Waals surface area contributed by atoms with Crippen molar-refractivity contribution < 1.29 is 22.9 Å². The second-order valence-corrected chi connectivity index (χ2v) is 7.19. The Balaban J connectivity index is 1.89. The molecule has 148 valence electrons. The summed E-state index contributed by atoms with van der Waals surface area (Å²) in [6.07, 6.45) is -0.109. The summed E-state index contributed by atoms with van der Waals surface area (Å²) >= 11 is 0. The van der Waals surface area contributed by atoms with Crippen LogP contribution in [0.1, 0.15) is 54.8 Å². The number of amides is 1. The van der Waals surface area contributed by atoms with Gasteiger partial charge in [0.1, 0.15) is 0 Å². The van der Waals surface area contributed by atoms with Crippen molar-refractivity contribution in [3.05, 3.63) is 38.9 Å². The van der Waals surface area contributed by atoms with Gasteiger partial charge in [-0.3, -0.25) is 19.8 Å². The molecule has 1 aliphatic carbocycles. The van der Waals surface area contributed by atoms with E-state index in [1.807, 2.05) is 5.32 Å². The van der Waals surface area contributed by atoms with Crippen LogP contribution in [0.15, 0.2) is 12.1 Å². The molecule has 1 aromatic carbocycles. The monoisotopic (exact) mass is 385 g/mol. The van der Waals surface area contributed by atoms with E-state index in [1.54, 1.807) is 6.07 Å². The molecule has 0 saturated carbocycles. The number of nitro benzene ring substituents is 1. The van der Waals surface area contributed by atoms with Crippen molar-refractivity contribution >= 4 is 11.6 Å². The van der Waals surface area contributed by atoms with Crippen LogP contribution in [-0.2, 0) is 17.8 Å². The van der Waals surface area contributed by atoms with Crippen LogP contribution < -0.4 is 5.32 Å². The number of piperidine rings is 1. The van der Waals surface area contributed by atoms with Gasteiger partial charge in [-0.05, 0) is 62.4 Å². The Bertz CT molecular complexity index is 731. The molecule has 27 heavy (non-hydrogen) atoms. The van der Waals surface area contributed by atoms with Gasteiger partial charge in [-0.1, -0.05) is 6.42 Å². The first-order valence-corrected chi connectivity index (χ1v) is 9.16. The maximum absolute atomic E-state index is 12.6. The Morgan fingerprint density at radius 3 is 2.56 bits per heavy atom. The molecule has 0 spiro atoms. The second kappa shape index (κ2) is 7.84. The number of fused-ring (bicyclic) bond motifs is 1. The third-order valence-corrected chi connectivity index (χ3v) is 5.26. The molecule has 1 amide bonds. The molecule has 1 heterocycles. The molecule has 1 atom stereocenters. The van der Waals surface area contributed by atoms with Crippen molar-refractivity contribution in [1.29, 1.82) is 0 Å². The molecule has 2 aliphatic rings. The van der Waals surface area contributed by atoms with E-state index in [4.69, 9.17) is 0 Å². The molecule has 1 aliphatic heterocycles. The summed E-state index contributed by atoms with van der Waals surface area (Å²) in [4.78, 5) is 24.6. The van der Waals surface area contributed by atoms with Crippen LogP contribution in [0.2, 0.25) is 0 Å². The SMILES string of the molecule is O=C(N[C@@H]1CCCc2cc(CN3CCCCC3)c([N+](=O)[O-])cc21)C(F)(F)F. The van der Waals surface area contributed by atoms with Crippen LogP contribution in [-0.4, -0.2) is 35.0 Å². The van der Waals surface area contributed by atoms with Gasteiger partial charge in [-0.25, -0.2) is 0 Å². The molecule has 1 aromatic rings. The Labute approximate surface area is 154 Å². The van der Waals surface area contributed by atoms with Gasteiger partial charge in [-0.2, -0.15) is 13.2 Å². The summed E-state index contributed by atoms with van der Waals surface area (Å²) in [6, 6.07) is 2.24. The van der Waals surface area contributed by atoms with Gasteiger partial charge in [0.2, 0.25) is 0 Å². The minimum absolute atomic E-state index is 0.0903. The van der Waals surface area contributed by atoms with Gasteiger partial charge >= 0.3 is 12.1 Å². The third kappa shape index (κ3) is 4.58. The average Bonchev–Trinajstić information content (AvgIpc) is 2.61. The summed E-state index contributed by atoms with van der Waals surface area (Å²) < 4.78 is 37.8. The van der Waals surface area contributed by atoms with E-state index in [2.05, 4.69) is 4.90 Å². The van der Waals surface area contributed by atoms with E-state index in [0.717, 1.165) is 37.9 Å². The van der Waals surface area contributed by atoms with Gasteiger partial charge in [0.05, 0.1) is 11.0 Å². The molecule has 6 nitrogen and oxygen atoms in total. The molecule has 0 bridgehead atoms. The highest BCUT2D eigenvalue weighted by Crippen LogP contribution is 2.36. The third-order valence-electron chi connectivity index (χ3n) is 5.26. The van der Waals surface area contributed by atoms with E-state index >= 15 is 0 Å².